The fourth-order valence-electron chi connectivity index (χ4n) is 3.18. The van der Waals surface area contributed by atoms with Gasteiger partial charge in [0.25, 0.3) is 0 Å². The molecule has 1 aliphatic carbocycles. The molecule has 104 valence electrons. The van der Waals surface area contributed by atoms with Crippen LogP contribution >= 0.6 is 15.9 Å². The molecule has 0 N–H and O–H groups in total. The van der Waals surface area contributed by atoms with Crippen LogP contribution in [0, 0.1) is 0 Å². The zero-order valence-electron chi connectivity index (χ0n) is 11.8. The Hall–Kier alpha value is -1.08. The first kappa shape index (κ1) is 13.9. The molecule has 1 fully saturated rings. The van der Waals surface area contributed by atoms with Crippen molar-refractivity contribution >= 4 is 15.9 Å². The molecule has 2 aromatic carbocycles. The van der Waals surface area contributed by atoms with E-state index in [0.29, 0.717) is 4.83 Å². The topological polar surface area (TPSA) is 0 Å². The summed E-state index contributed by atoms with van der Waals surface area (Å²) >= 11 is 3.83. The number of alkyl halides is 1. The maximum Gasteiger partial charge on any atom is 0.0151 e. The van der Waals surface area contributed by atoms with Crippen molar-refractivity contribution in [3.63, 3.8) is 0 Å². The Labute approximate surface area is 130 Å². The van der Waals surface area contributed by atoms with Crippen LogP contribution in [0.25, 0.3) is 11.1 Å². The van der Waals surface area contributed by atoms with Gasteiger partial charge in [-0.05, 0) is 41.9 Å². The van der Waals surface area contributed by atoms with E-state index in [9.17, 15) is 0 Å². The van der Waals surface area contributed by atoms with Crippen LogP contribution in [-0.2, 0) is 0 Å². The van der Waals surface area contributed by atoms with Crippen LogP contribution in [0.15, 0.2) is 54.6 Å². The summed E-state index contributed by atoms with van der Waals surface area (Å²) in [7, 11) is 0. The van der Waals surface area contributed by atoms with E-state index in [1.54, 1.807) is 0 Å². The second-order valence-corrected chi connectivity index (χ2v) is 7.10. The van der Waals surface area contributed by atoms with Gasteiger partial charge in [-0.15, -0.1) is 0 Å². The molecule has 0 bridgehead atoms. The van der Waals surface area contributed by atoms with E-state index >= 15 is 0 Å². The van der Waals surface area contributed by atoms with Gasteiger partial charge in [0.1, 0.15) is 0 Å². The number of hydrogen-bond acceptors (Lipinski definition) is 0. The van der Waals surface area contributed by atoms with E-state index in [1.165, 1.54) is 48.8 Å². The van der Waals surface area contributed by atoms with Gasteiger partial charge in [-0.3, -0.25) is 0 Å². The Bertz CT molecular complexity index is 529. The minimum Gasteiger partial charge on any atom is -0.0890 e. The van der Waals surface area contributed by atoms with Crippen molar-refractivity contribution in [1.29, 1.82) is 0 Å². The van der Waals surface area contributed by atoms with Crippen molar-refractivity contribution in [2.45, 2.75) is 42.8 Å². The minimum atomic E-state index is 0.698. The zero-order chi connectivity index (χ0) is 13.8. The molecule has 2 aromatic rings. The third kappa shape index (κ3) is 3.32. The highest BCUT2D eigenvalue weighted by molar-refractivity contribution is 9.09. The predicted octanol–water partition coefficient (Wildman–Crippen LogP) is 6.16. The van der Waals surface area contributed by atoms with Crippen molar-refractivity contribution in [1.82, 2.24) is 0 Å². The van der Waals surface area contributed by atoms with Crippen LogP contribution in [0.1, 0.15) is 43.6 Å². The van der Waals surface area contributed by atoms with E-state index in [1.807, 2.05) is 0 Å². The highest BCUT2D eigenvalue weighted by atomic mass is 79.9. The first-order valence-corrected chi connectivity index (χ1v) is 8.54. The van der Waals surface area contributed by atoms with E-state index < -0.39 is 0 Å². The molecule has 0 nitrogen and oxygen atoms in total. The molecule has 0 heterocycles. The zero-order valence-corrected chi connectivity index (χ0v) is 13.4. The molecule has 0 radical (unpaired) electrons. The fourth-order valence-corrected chi connectivity index (χ4v) is 3.96. The summed E-state index contributed by atoms with van der Waals surface area (Å²) in [4.78, 5) is 0.698. The maximum absolute atomic E-state index is 3.83. The highest BCUT2D eigenvalue weighted by Gasteiger charge is 2.19. The molecular weight excluding hydrogens is 308 g/mol. The second kappa shape index (κ2) is 6.58. The minimum absolute atomic E-state index is 0.698. The lowest BCUT2D eigenvalue weighted by atomic mass is 9.90. The molecule has 2 atom stereocenters. The standard InChI is InChI=1S/C19H21Br/c20-19-9-5-4-8-18(14-19)17-12-10-16(11-13-17)15-6-2-1-3-7-15/h1-3,6-7,10-13,18-19H,4-5,8-9,14H2. The summed E-state index contributed by atoms with van der Waals surface area (Å²) in [5.74, 6) is 0.728. The SMILES string of the molecule is BrC1CCCCC(c2ccc(-c3ccccc3)cc2)C1. The lowest BCUT2D eigenvalue weighted by Gasteiger charge is -2.17. The lowest BCUT2D eigenvalue weighted by Crippen LogP contribution is -2.03. The molecule has 0 spiro atoms. The molecule has 20 heavy (non-hydrogen) atoms. The van der Waals surface area contributed by atoms with Crippen molar-refractivity contribution in [2.75, 3.05) is 0 Å². The Morgan fingerprint density at radius 3 is 2.15 bits per heavy atom. The van der Waals surface area contributed by atoms with Gasteiger partial charge in [-0.2, -0.15) is 0 Å². The average Bonchev–Trinajstić information content (AvgIpc) is 2.73. The van der Waals surface area contributed by atoms with Crippen molar-refractivity contribution in [2.24, 2.45) is 0 Å². The quantitative estimate of drug-likeness (QED) is 0.457. The Morgan fingerprint density at radius 1 is 0.750 bits per heavy atom. The molecule has 1 aliphatic rings. The Morgan fingerprint density at radius 2 is 1.40 bits per heavy atom. The van der Waals surface area contributed by atoms with Crippen LogP contribution in [0.5, 0.6) is 0 Å². The first-order valence-electron chi connectivity index (χ1n) is 7.62. The van der Waals surface area contributed by atoms with E-state index in [-0.39, 0.29) is 0 Å². The summed E-state index contributed by atoms with van der Waals surface area (Å²) in [6, 6.07) is 19.8. The van der Waals surface area contributed by atoms with Crippen molar-refractivity contribution in [3.05, 3.63) is 60.2 Å². The molecule has 3 rings (SSSR count). The van der Waals surface area contributed by atoms with Crippen LogP contribution < -0.4 is 0 Å². The van der Waals surface area contributed by atoms with Crippen LogP contribution in [0.2, 0.25) is 0 Å². The number of hydrogen-bond donors (Lipinski definition) is 0. The summed E-state index contributed by atoms with van der Waals surface area (Å²) in [5.41, 5.74) is 4.13. The van der Waals surface area contributed by atoms with Gasteiger partial charge < -0.3 is 0 Å². The lowest BCUT2D eigenvalue weighted by molar-refractivity contribution is 0.600. The van der Waals surface area contributed by atoms with Gasteiger partial charge in [0.15, 0.2) is 0 Å². The molecule has 1 heteroatoms. The Balaban J connectivity index is 1.79. The third-order valence-corrected chi connectivity index (χ3v) is 5.18. The number of rotatable bonds is 2. The smallest absolute Gasteiger partial charge is 0.0151 e. The Kier molecular flexibility index (Phi) is 4.57. The number of benzene rings is 2. The summed E-state index contributed by atoms with van der Waals surface area (Å²) in [6.45, 7) is 0. The van der Waals surface area contributed by atoms with Crippen LogP contribution in [0.3, 0.4) is 0 Å². The average molecular weight is 329 g/mol. The van der Waals surface area contributed by atoms with Crippen molar-refractivity contribution < 1.29 is 0 Å². The highest BCUT2D eigenvalue weighted by Crippen LogP contribution is 2.35. The molecule has 1 saturated carbocycles. The third-order valence-electron chi connectivity index (χ3n) is 4.35. The molecule has 0 aliphatic heterocycles. The summed E-state index contributed by atoms with van der Waals surface area (Å²) < 4.78 is 0. The van der Waals surface area contributed by atoms with Gasteiger partial charge in [-0.25, -0.2) is 0 Å². The first-order chi connectivity index (χ1) is 9.83. The van der Waals surface area contributed by atoms with Crippen LogP contribution in [0.4, 0.5) is 0 Å². The van der Waals surface area contributed by atoms with E-state index in [2.05, 4.69) is 70.5 Å². The molecular formula is C19H21Br. The summed E-state index contributed by atoms with van der Waals surface area (Å²) in [5, 5.41) is 0. The molecule has 0 saturated heterocycles. The van der Waals surface area contributed by atoms with Gasteiger partial charge in [0.2, 0.25) is 0 Å². The maximum atomic E-state index is 3.83. The van der Waals surface area contributed by atoms with Gasteiger partial charge in [0.05, 0.1) is 0 Å². The molecule has 2 unspecified atom stereocenters. The van der Waals surface area contributed by atoms with Gasteiger partial charge in [-0.1, -0.05) is 83.4 Å². The van der Waals surface area contributed by atoms with E-state index in [4.69, 9.17) is 0 Å². The van der Waals surface area contributed by atoms with Crippen LogP contribution in [-0.4, -0.2) is 4.83 Å². The number of halogens is 1. The van der Waals surface area contributed by atoms with Gasteiger partial charge >= 0.3 is 0 Å². The second-order valence-electron chi connectivity index (χ2n) is 5.80. The largest absolute Gasteiger partial charge is 0.0890 e. The fraction of sp³-hybridized carbons (Fsp3) is 0.368. The monoisotopic (exact) mass is 328 g/mol. The molecule has 0 aromatic heterocycles. The van der Waals surface area contributed by atoms with Crippen molar-refractivity contribution in [3.8, 4) is 11.1 Å². The molecule has 0 amide bonds. The van der Waals surface area contributed by atoms with E-state index in [0.717, 1.165) is 5.92 Å². The predicted molar refractivity (Wildman–Crippen MR) is 90.4 cm³/mol. The summed E-state index contributed by atoms with van der Waals surface area (Å²) in [6.07, 6.45) is 6.69. The van der Waals surface area contributed by atoms with Gasteiger partial charge in [0, 0.05) is 4.83 Å². The normalized spacial score (nSPS) is 23.2.